The Morgan fingerprint density at radius 3 is 2.64 bits per heavy atom. The predicted molar refractivity (Wildman–Crippen MR) is 95.0 cm³/mol. The van der Waals surface area contributed by atoms with Crippen LogP contribution in [0.4, 0.5) is 5.69 Å². The highest BCUT2D eigenvalue weighted by Crippen LogP contribution is 2.30. The summed E-state index contributed by atoms with van der Waals surface area (Å²) in [6, 6.07) is 18.0. The second kappa shape index (κ2) is 6.73. The smallest absolute Gasteiger partial charge is 0.124 e. The molecule has 0 atom stereocenters. The molecule has 0 radical (unpaired) electrons. The van der Waals surface area contributed by atoms with Gasteiger partial charge in [-0.1, -0.05) is 42.5 Å². The number of thiazole rings is 1. The SMILES string of the molecule is NC(CCl)=Nc1cccc(-c2csc(-c3ccccc3)n2)c1. The molecule has 22 heavy (non-hydrogen) atoms. The molecule has 110 valence electrons. The van der Waals surface area contributed by atoms with Crippen LogP contribution in [0.15, 0.2) is 65.0 Å². The normalized spacial score (nSPS) is 11.6. The van der Waals surface area contributed by atoms with Gasteiger partial charge in [0.1, 0.15) is 10.8 Å². The molecular weight excluding hydrogens is 314 g/mol. The van der Waals surface area contributed by atoms with Crippen molar-refractivity contribution in [2.75, 3.05) is 5.88 Å². The van der Waals surface area contributed by atoms with Gasteiger partial charge in [0.25, 0.3) is 0 Å². The maximum Gasteiger partial charge on any atom is 0.124 e. The van der Waals surface area contributed by atoms with Gasteiger partial charge in [0.2, 0.25) is 0 Å². The fourth-order valence-corrected chi connectivity index (χ4v) is 2.95. The number of nitrogens with zero attached hydrogens (tertiary/aromatic N) is 2. The summed E-state index contributed by atoms with van der Waals surface area (Å²) in [6.07, 6.45) is 0. The van der Waals surface area contributed by atoms with Gasteiger partial charge in [-0.05, 0) is 12.1 Å². The van der Waals surface area contributed by atoms with Crippen molar-refractivity contribution < 1.29 is 0 Å². The molecule has 0 amide bonds. The number of amidine groups is 1. The summed E-state index contributed by atoms with van der Waals surface area (Å²) in [5, 5.41) is 3.06. The van der Waals surface area contributed by atoms with Crippen molar-refractivity contribution in [2.24, 2.45) is 10.7 Å². The fraction of sp³-hybridized carbons (Fsp3) is 0.0588. The van der Waals surface area contributed by atoms with Crippen LogP contribution in [-0.2, 0) is 0 Å². The van der Waals surface area contributed by atoms with Crippen LogP contribution in [0.1, 0.15) is 0 Å². The second-order valence-corrected chi connectivity index (χ2v) is 5.82. The van der Waals surface area contributed by atoms with Gasteiger partial charge >= 0.3 is 0 Å². The Balaban J connectivity index is 1.92. The van der Waals surface area contributed by atoms with Crippen LogP contribution in [0, 0.1) is 0 Å². The number of hydrogen-bond acceptors (Lipinski definition) is 3. The number of rotatable bonds is 4. The molecule has 0 unspecified atom stereocenters. The second-order valence-electron chi connectivity index (χ2n) is 4.69. The summed E-state index contributed by atoms with van der Waals surface area (Å²) < 4.78 is 0. The van der Waals surface area contributed by atoms with Crippen molar-refractivity contribution in [3.63, 3.8) is 0 Å². The highest BCUT2D eigenvalue weighted by molar-refractivity contribution is 7.13. The number of halogens is 1. The number of nitrogens with two attached hydrogens (primary N) is 1. The molecule has 0 bridgehead atoms. The van der Waals surface area contributed by atoms with E-state index in [-0.39, 0.29) is 5.88 Å². The van der Waals surface area contributed by atoms with Gasteiger partial charge in [0.05, 0.1) is 17.3 Å². The molecule has 0 saturated heterocycles. The Morgan fingerprint density at radius 1 is 1.09 bits per heavy atom. The topological polar surface area (TPSA) is 51.3 Å². The zero-order valence-corrected chi connectivity index (χ0v) is 13.3. The first-order valence-electron chi connectivity index (χ1n) is 6.76. The van der Waals surface area contributed by atoms with Crippen LogP contribution in [0.3, 0.4) is 0 Å². The van der Waals surface area contributed by atoms with E-state index in [1.807, 2.05) is 42.5 Å². The minimum absolute atomic E-state index is 0.221. The van der Waals surface area contributed by atoms with Gasteiger partial charge in [0.15, 0.2) is 0 Å². The van der Waals surface area contributed by atoms with Gasteiger partial charge in [-0.3, -0.25) is 0 Å². The number of hydrogen-bond donors (Lipinski definition) is 1. The lowest BCUT2D eigenvalue weighted by Crippen LogP contribution is -2.12. The molecule has 2 aromatic carbocycles. The van der Waals surface area contributed by atoms with Crippen molar-refractivity contribution in [3.05, 3.63) is 60.0 Å². The average molecular weight is 328 g/mol. The van der Waals surface area contributed by atoms with Crippen LogP contribution in [0.2, 0.25) is 0 Å². The van der Waals surface area contributed by atoms with Crippen LogP contribution in [0.25, 0.3) is 21.8 Å². The molecule has 0 spiro atoms. The zero-order chi connectivity index (χ0) is 15.4. The van der Waals surface area contributed by atoms with Gasteiger partial charge in [0, 0.05) is 16.5 Å². The Labute approximate surface area is 138 Å². The summed E-state index contributed by atoms with van der Waals surface area (Å²) in [5.41, 5.74) is 9.54. The molecule has 0 fully saturated rings. The van der Waals surface area contributed by atoms with Crippen molar-refractivity contribution >= 4 is 34.5 Å². The van der Waals surface area contributed by atoms with E-state index in [2.05, 4.69) is 22.5 Å². The van der Waals surface area contributed by atoms with E-state index >= 15 is 0 Å². The largest absolute Gasteiger partial charge is 0.386 e. The van der Waals surface area contributed by atoms with Gasteiger partial charge < -0.3 is 5.73 Å². The highest BCUT2D eigenvalue weighted by atomic mass is 35.5. The predicted octanol–water partition coefficient (Wildman–Crippen LogP) is 4.70. The zero-order valence-electron chi connectivity index (χ0n) is 11.7. The summed E-state index contributed by atoms with van der Waals surface area (Å²) in [5.74, 6) is 0.626. The van der Waals surface area contributed by atoms with Gasteiger partial charge in [-0.15, -0.1) is 22.9 Å². The molecule has 0 saturated carbocycles. The lowest BCUT2D eigenvalue weighted by Gasteiger charge is -2.00. The van der Waals surface area contributed by atoms with E-state index in [0.717, 1.165) is 27.5 Å². The standard InChI is InChI=1S/C17H14ClN3S/c18-10-16(19)20-14-8-4-7-13(9-14)15-11-22-17(21-15)12-5-2-1-3-6-12/h1-9,11H,10H2,(H2,19,20). The monoisotopic (exact) mass is 327 g/mol. The summed E-state index contributed by atoms with van der Waals surface area (Å²) in [4.78, 5) is 8.97. The number of benzene rings is 2. The van der Waals surface area contributed by atoms with E-state index in [0.29, 0.717) is 5.84 Å². The van der Waals surface area contributed by atoms with Crippen LogP contribution in [0.5, 0.6) is 0 Å². The molecule has 3 rings (SSSR count). The molecule has 3 aromatic rings. The number of aliphatic imine (C=N–C) groups is 1. The van der Waals surface area contributed by atoms with E-state index in [4.69, 9.17) is 22.3 Å². The van der Waals surface area contributed by atoms with Crippen molar-refractivity contribution in [3.8, 4) is 21.8 Å². The van der Waals surface area contributed by atoms with Gasteiger partial charge in [-0.2, -0.15) is 0 Å². The van der Waals surface area contributed by atoms with Gasteiger partial charge in [-0.25, -0.2) is 9.98 Å². The molecule has 5 heteroatoms. The maximum absolute atomic E-state index is 5.68. The first kappa shape index (κ1) is 14.8. The maximum atomic E-state index is 5.68. The molecule has 1 heterocycles. The Morgan fingerprint density at radius 2 is 1.86 bits per heavy atom. The summed E-state index contributed by atoms with van der Waals surface area (Å²) in [7, 11) is 0. The highest BCUT2D eigenvalue weighted by Gasteiger charge is 2.07. The van der Waals surface area contributed by atoms with Crippen molar-refractivity contribution in [1.29, 1.82) is 0 Å². The lowest BCUT2D eigenvalue weighted by molar-refractivity contribution is 1.39. The van der Waals surface area contributed by atoms with Crippen molar-refractivity contribution in [2.45, 2.75) is 0 Å². The van der Waals surface area contributed by atoms with E-state index in [1.165, 1.54) is 0 Å². The third kappa shape index (κ3) is 3.35. The van der Waals surface area contributed by atoms with Crippen LogP contribution in [-0.4, -0.2) is 16.7 Å². The van der Waals surface area contributed by atoms with Crippen LogP contribution >= 0.6 is 22.9 Å². The third-order valence-electron chi connectivity index (χ3n) is 3.08. The Bertz CT molecular complexity index is 796. The van der Waals surface area contributed by atoms with E-state index in [1.54, 1.807) is 11.3 Å². The first-order chi connectivity index (χ1) is 10.8. The lowest BCUT2D eigenvalue weighted by atomic mass is 10.1. The molecular formula is C17H14ClN3S. The number of aromatic nitrogens is 1. The molecule has 0 aliphatic carbocycles. The van der Waals surface area contributed by atoms with Crippen molar-refractivity contribution in [1.82, 2.24) is 4.98 Å². The molecule has 3 nitrogen and oxygen atoms in total. The Hall–Kier alpha value is -2.17. The summed E-state index contributed by atoms with van der Waals surface area (Å²) in [6.45, 7) is 0. The molecule has 0 aliphatic heterocycles. The average Bonchev–Trinajstić information content (AvgIpc) is 3.06. The minimum atomic E-state index is 0.221. The first-order valence-corrected chi connectivity index (χ1v) is 8.18. The quantitative estimate of drug-likeness (QED) is 0.429. The van der Waals surface area contributed by atoms with E-state index in [9.17, 15) is 0 Å². The molecule has 1 aromatic heterocycles. The van der Waals surface area contributed by atoms with Crippen LogP contribution < -0.4 is 5.73 Å². The minimum Gasteiger partial charge on any atom is -0.386 e. The summed E-state index contributed by atoms with van der Waals surface area (Å²) >= 11 is 7.29. The fourth-order valence-electron chi connectivity index (χ4n) is 2.05. The third-order valence-corrected chi connectivity index (χ3v) is 4.24. The molecule has 2 N–H and O–H groups in total. The number of alkyl halides is 1. The Kier molecular flexibility index (Phi) is 4.51. The molecule has 0 aliphatic rings. The van der Waals surface area contributed by atoms with E-state index < -0.39 is 0 Å².